The fourth-order valence-corrected chi connectivity index (χ4v) is 1.85. The second-order valence-corrected chi connectivity index (χ2v) is 4.49. The van der Waals surface area contributed by atoms with Gasteiger partial charge < -0.3 is 15.7 Å². The number of fused-ring (bicyclic) bond motifs is 1. The third-order valence-electron chi connectivity index (χ3n) is 2.84. The van der Waals surface area contributed by atoms with Gasteiger partial charge in [-0.3, -0.25) is 9.59 Å². The fraction of sp³-hybridized carbons (Fsp3) is 0.385. The van der Waals surface area contributed by atoms with Gasteiger partial charge in [0.1, 0.15) is 0 Å². The van der Waals surface area contributed by atoms with E-state index >= 15 is 0 Å². The highest BCUT2D eigenvalue weighted by atomic mass is 16.3. The Morgan fingerprint density at radius 2 is 2.33 bits per heavy atom. The fourth-order valence-electron chi connectivity index (χ4n) is 1.85. The van der Waals surface area contributed by atoms with Crippen molar-refractivity contribution < 1.29 is 14.7 Å². The number of hydrogen-bond acceptors (Lipinski definition) is 3. The van der Waals surface area contributed by atoms with E-state index in [4.69, 9.17) is 5.11 Å². The Morgan fingerprint density at radius 3 is 3.06 bits per heavy atom. The summed E-state index contributed by atoms with van der Waals surface area (Å²) in [6.45, 7) is 2.11. The van der Waals surface area contributed by atoms with Crippen molar-refractivity contribution in [3.63, 3.8) is 0 Å². The zero-order chi connectivity index (χ0) is 13.1. The first-order chi connectivity index (χ1) is 8.56. The van der Waals surface area contributed by atoms with Gasteiger partial charge >= 0.3 is 0 Å². The Hall–Kier alpha value is -1.88. The first kappa shape index (κ1) is 12.6. The minimum Gasteiger partial charge on any atom is -0.393 e. The number of nitrogens with one attached hydrogen (secondary N) is 2. The number of rotatable bonds is 4. The Kier molecular flexibility index (Phi) is 3.62. The average Bonchev–Trinajstić information content (AvgIpc) is 2.67. The van der Waals surface area contributed by atoms with Crippen molar-refractivity contribution in [2.75, 3.05) is 11.9 Å². The summed E-state index contributed by atoms with van der Waals surface area (Å²) < 4.78 is 0. The topological polar surface area (TPSA) is 78.4 Å². The second kappa shape index (κ2) is 5.18. The molecule has 1 heterocycles. The van der Waals surface area contributed by atoms with Crippen molar-refractivity contribution in [3.05, 3.63) is 29.3 Å². The van der Waals surface area contributed by atoms with E-state index in [0.29, 0.717) is 30.6 Å². The zero-order valence-corrected chi connectivity index (χ0v) is 10.2. The predicted molar refractivity (Wildman–Crippen MR) is 67.4 cm³/mol. The van der Waals surface area contributed by atoms with E-state index in [0.717, 1.165) is 5.56 Å². The second-order valence-electron chi connectivity index (χ2n) is 4.49. The third-order valence-corrected chi connectivity index (χ3v) is 2.84. The van der Waals surface area contributed by atoms with Crippen LogP contribution in [0.3, 0.4) is 0 Å². The molecule has 1 aromatic rings. The molecule has 96 valence electrons. The maximum absolute atomic E-state index is 11.8. The van der Waals surface area contributed by atoms with Crippen LogP contribution in [0.5, 0.6) is 0 Å². The molecule has 1 unspecified atom stereocenters. The number of anilines is 1. The Bertz CT molecular complexity index is 483. The normalized spacial score (nSPS) is 14.9. The van der Waals surface area contributed by atoms with Crippen LogP contribution >= 0.6 is 0 Å². The van der Waals surface area contributed by atoms with E-state index in [1.807, 2.05) is 0 Å². The van der Waals surface area contributed by atoms with E-state index in [2.05, 4.69) is 10.6 Å². The molecule has 0 saturated heterocycles. The van der Waals surface area contributed by atoms with Crippen molar-refractivity contribution >= 4 is 17.5 Å². The molecule has 0 fully saturated rings. The van der Waals surface area contributed by atoms with E-state index in [9.17, 15) is 9.59 Å². The van der Waals surface area contributed by atoms with Gasteiger partial charge in [0.25, 0.3) is 5.91 Å². The molecule has 5 nitrogen and oxygen atoms in total. The highest BCUT2D eigenvalue weighted by Gasteiger charge is 2.18. The monoisotopic (exact) mass is 248 g/mol. The van der Waals surface area contributed by atoms with Crippen molar-refractivity contribution in [2.45, 2.75) is 25.9 Å². The molecule has 0 radical (unpaired) electrons. The molecule has 2 rings (SSSR count). The molecule has 1 atom stereocenters. The van der Waals surface area contributed by atoms with Gasteiger partial charge in [-0.1, -0.05) is 6.07 Å². The Labute approximate surface area is 105 Å². The Balaban J connectivity index is 1.99. The van der Waals surface area contributed by atoms with Gasteiger partial charge in [0.2, 0.25) is 5.91 Å². The van der Waals surface area contributed by atoms with Crippen molar-refractivity contribution in [1.29, 1.82) is 0 Å². The number of hydrogen-bond donors (Lipinski definition) is 3. The first-order valence-electron chi connectivity index (χ1n) is 5.95. The Morgan fingerprint density at radius 1 is 1.56 bits per heavy atom. The van der Waals surface area contributed by atoms with E-state index in [-0.39, 0.29) is 11.8 Å². The molecule has 0 bridgehead atoms. The number of aliphatic hydroxyl groups is 1. The van der Waals surface area contributed by atoms with E-state index in [1.54, 1.807) is 25.1 Å². The lowest BCUT2D eigenvalue weighted by atomic mass is 10.1. The van der Waals surface area contributed by atoms with Crippen LogP contribution in [-0.4, -0.2) is 29.6 Å². The van der Waals surface area contributed by atoms with Crippen LogP contribution in [0.2, 0.25) is 0 Å². The van der Waals surface area contributed by atoms with Crippen molar-refractivity contribution in [2.24, 2.45) is 0 Å². The van der Waals surface area contributed by atoms with E-state index in [1.165, 1.54) is 0 Å². The van der Waals surface area contributed by atoms with Crippen LogP contribution < -0.4 is 10.6 Å². The zero-order valence-electron chi connectivity index (χ0n) is 10.2. The SMILES string of the molecule is CC(O)CCNC(=O)c1ccc2c(c1)NC(=O)C2. The van der Waals surface area contributed by atoms with Crippen LogP contribution in [0.15, 0.2) is 18.2 Å². The number of aliphatic hydroxyl groups excluding tert-OH is 1. The lowest BCUT2D eigenvalue weighted by molar-refractivity contribution is -0.115. The van der Waals surface area contributed by atoms with Gasteiger partial charge in [-0.25, -0.2) is 0 Å². The lowest BCUT2D eigenvalue weighted by Gasteiger charge is -2.07. The van der Waals surface area contributed by atoms with Crippen LogP contribution in [0.4, 0.5) is 5.69 Å². The van der Waals surface area contributed by atoms with Gasteiger partial charge in [0.15, 0.2) is 0 Å². The molecule has 5 heteroatoms. The number of amides is 2. The van der Waals surface area contributed by atoms with Gasteiger partial charge in [-0.2, -0.15) is 0 Å². The molecule has 1 aromatic carbocycles. The minimum absolute atomic E-state index is 0.0448. The molecule has 1 aliphatic rings. The van der Waals surface area contributed by atoms with Gasteiger partial charge in [-0.15, -0.1) is 0 Å². The molecule has 1 aliphatic heterocycles. The maximum Gasteiger partial charge on any atom is 0.251 e. The maximum atomic E-state index is 11.8. The van der Waals surface area contributed by atoms with Crippen molar-refractivity contribution in [3.8, 4) is 0 Å². The van der Waals surface area contributed by atoms with Crippen LogP contribution in [0.1, 0.15) is 29.3 Å². The summed E-state index contributed by atoms with van der Waals surface area (Å²) in [7, 11) is 0. The van der Waals surface area contributed by atoms with Crippen molar-refractivity contribution in [1.82, 2.24) is 5.32 Å². The number of benzene rings is 1. The molecule has 2 amide bonds. The highest BCUT2D eigenvalue weighted by Crippen LogP contribution is 2.23. The van der Waals surface area contributed by atoms with Crippen LogP contribution in [-0.2, 0) is 11.2 Å². The highest BCUT2D eigenvalue weighted by molar-refractivity contribution is 6.02. The van der Waals surface area contributed by atoms with Crippen LogP contribution in [0, 0.1) is 0 Å². The summed E-state index contributed by atoms with van der Waals surface area (Å²) in [5.41, 5.74) is 2.14. The minimum atomic E-state index is -0.426. The van der Waals surface area contributed by atoms with Gasteiger partial charge in [0.05, 0.1) is 12.5 Å². The number of carbonyl (C=O) groups is 2. The third kappa shape index (κ3) is 2.87. The summed E-state index contributed by atoms with van der Waals surface area (Å²) >= 11 is 0. The van der Waals surface area contributed by atoms with Gasteiger partial charge in [0, 0.05) is 17.8 Å². The van der Waals surface area contributed by atoms with Crippen LogP contribution in [0.25, 0.3) is 0 Å². The van der Waals surface area contributed by atoms with Gasteiger partial charge in [-0.05, 0) is 31.0 Å². The average molecular weight is 248 g/mol. The molecule has 0 aliphatic carbocycles. The quantitative estimate of drug-likeness (QED) is 0.733. The smallest absolute Gasteiger partial charge is 0.251 e. The molecular formula is C13H16N2O3. The molecular weight excluding hydrogens is 232 g/mol. The summed E-state index contributed by atoms with van der Waals surface area (Å²) in [5, 5.41) is 14.5. The summed E-state index contributed by atoms with van der Waals surface area (Å²) in [5.74, 6) is -0.240. The lowest BCUT2D eigenvalue weighted by Crippen LogP contribution is -2.26. The molecule has 3 N–H and O–H groups in total. The molecule has 0 spiro atoms. The molecule has 18 heavy (non-hydrogen) atoms. The van der Waals surface area contributed by atoms with E-state index < -0.39 is 6.10 Å². The summed E-state index contributed by atoms with van der Waals surface area (Å²) in [6, 6.07) is 5.17. The molecule has 0 saturated carbocycles. The molecule has 0 aromatic heterocycles. The number of carbonyl (C=O) groups excluding carboxylic acids is 2. The summed E-state index contributed by atoms with van der Waals surface area (Å²) in [4.78, 5) is 23.0. The first-order valence-corrected chi connectivity index (χ1v) is 5.95. The largest absolute Gasteiger partial charge is 0.393 e. The standard InChI is InChI=1S/C13H16N2O3/c1-8(16)4-5-14-13(18)10-3-2-9-7-12(17)15-11(9)6-10/h2-3,6,8,16H,4-5,7H2,1H3,(H,14,18)(H,15,17). The summed E-state index contributed by atoms with van der Waals surface area (Å²) in [6.07, 6.45) is 0.469. The predicted octanol–water partition coefficient (Wildman–Crippen LogP) is 0.682.